The molecule has 0 radical (unpaired) electrons. The first-order valence-corrected chi connectivity index (χ1v) is 9.73. The first-order chi connectivity index (χ1) is 11.1. The molecule has 0 amide bonds. The van der Waals surface area contributed by atoms with Crippen LogP contribution in [-0.2, 0) is 12.8 Å². The number of hydrogen-bond acceptors (Lipinski definition) is 4. The standard InChI is InChI=1S/C18H25N3OS/c1-11-6-7-13-14(10-11)23-18-15(13)17(22)19-16(20-18)12(2)21-8-4-3-5-9-21/h11-12H,3-10H2,1-2H3,(H,19,20,22)/t11-,12-/m0/s1. The molecule has 1 aliphatic heterocycles. The van der Waals surface area contributed by atoms with Gasteiger partial charge in [0.2, 0.25) is 0 Å². The van der Waals surface area contributed by atoms with Crippen LogP contribution in [0, 0.1) is 5.92 Å². The van der Waals surface area contributed by atoms with Crippen LogP contribution in [0.25, 0.3) is 10.2 Å². The number of aryl methyl sites for hydroxylation is 1. The largest absolute Gasteiger partial charge is 0.309 e. The van der Waals surface area contributed by atoms with Gasteiger partial charge in [0.1, 0.15) is 10.7 Å². The molecule has 4 nitrogen and oxygen atoms in total. The highest BCUT2D eigenvalue weighted by molar-refractivity contribution is 7.18. The van der Waals surface area contributed by atoms with Crippen molar-refractivity contribution in [1.82, 2.24) is 14.9 Å². The van der Waals surface area contributed by atoms with E-state index in [1.165, 1.54) is 36.1 Å². The molecule has 124 valence electrons. The lowest BCUT2D eigenvalue weighted by Crippen LogP contribution is -2.34. The first kappa shape index (κ1) is 15.3. The summed E-state index contributed by atoms with van der Waals surface area (Å²) in [4.78, 5) is 25.4. The summed E-state index contributed by atoms with van der Waals surface area (Å²) in [6.07, 6.45) is 7.14. The highest BCUT2D eigenvalue weighted by Crippen LogP contribution is 2.36. The molecule has 0 spiro atoms. The van der Waals surface area contributed by atoms with Crippen molar-refractivity contribution >= 4 is 21.6 Å². The quantitative estimate of drug-likeness (QED) is 0.913. The molecular formula is C18H25N3OS. The van der Waals surface area contributed by atoms with Gasteiger partial charge in [-0.05, 0) is 63.6 Å². The molecule has 3 heterocycles. The maximum Gasteiger partial charge on any atom is 0.259 e. The number of thiophene rings is 1. The molecule has 0 aromatic carbocycles. The van der Waals surface area contributed by atoms with Gasteiger partial charge in [-0.25, -0.2) is 4.98 Å². The smallest absolute Gasteiger partial charge is 0.259 e. The van der Waals surface area contributed by atoms with Crippen molar-refractivity contribution in [2.24, 2.45) is 5.92 Å². The molecule has 2 aliphatic rings. The second-order valence-electron chi connectivity index (χ2n) is 7.26. The lowest BCUT2D eigenvalue weighted by molar-refractivity contribution is 0.169. The molecule has 2 atom stereocenters. The van der Waals surface area contributed by atoms with E-state index in [0.717, 1.165) is 47.9 Å². The Morgan fingerprint density at radius 3 is 2.87 bits per heavy atom. The summed E-state index contributed by atoms with van der Waals surface area (Å²) in [7, 11) is 0. The third kappa shape index (κ3) is 2.74. The van der Waals surface area contributed by atoms with E-state index < -0.39 is 0 Å². The van der Waals surface area contributed by atoms with Crippen LogP contribution in [0.3, 0.4) is 0 Å². The Morgan fingerprint density at radius 1 is 1.30 bits per heavy atom. The van der Waals surface area contributed by atoms with Crippen LogP contribution in [0.4, 0.5) is 0 Å². The van der Waals surface area contributed by atoms with Gasteiger partial charge in [-0.1, -0.05) is 13.3 Å². The van der Waals surface area contributed by atoms with E-state index in [4.69, 9.17) is 4.98 Å². The minimum absolute atomic E-state index is 0.0703. The maximum absolute atomic E-state index is 12.7. The highest BCUT2D eigenvalue weighted by atomic mass is 32.1. The maximum atomic E-state index is 12.7. The fourth-order valence-corrected chi connectivity index (χ4v) is 5.43. The van der Waals surface area contributed by atoms with Gasteiger partial charge in [0.25, 0.3) is 5.56 Å². The molecule has 2 aromatic rings. The van der Waals surface area contributed by atoms with E-state index in [-0.39, 0.29) is 11.6 Å². The molecule has 1 saturated heterocycles. The summed E-state index contributed by atoms with van der Waals surface area (Å²) < 4.78 is 0. The predicted molar refractivity (Wildman–Crippen MR) is 95.3 cm³/mol. The third-order valence-electron chi connectivity index (χ3n) is 5.52. The van der Waals surface area contributed by atoms with Gasteiger partial charge < -0.3 is 4.98 Å². The Labute approximate surface area is 140 Å². The van der Waals surface area contributed by atoms with E-state index in [1.807, 2.05) is 0 Å². The van der Waals surface area contributed by atoms with Gasteiger partial charge in [-0.2, -0.15) is 0 Å². The number of nitrogens with zero attached hydrogens (tertiary/aromatic N) is 2. The number of fused-ring (bicyclic) bond motifs is 3. The van der Waals surface area contributed by atoms with Crippen molar-refractivity contribution in [3.8, 4) is 0 Å². The molecule has 1 N–H and O–H groups in total. The average molecular weight is 331 g/mol. The normalized spacial score (nSPS) is 23.8. The molecule has 4 rings (SSSR count). The number of nitrogens with one attached hydrogen (secondary N) is 1. The van der Waals surface area contributed by atoms with Crippen molar-refractivity contribution in [3.63, 3.8) is 0 Å². The van der Waals surface area contributed by atoms with Crippen molar-refractivity contribution in [3.05, 3.63) is 26.6 Å². The lowest BCUT2D eigenvalue weighted by atomic mass is 9.89. The van der Waals surface area contributed by atoms with Crippen LogP contribution in [0.15, 0.2) is 4.79 Å². The fraction of sp³-hybridized carbons (Fsp3) is 0.667. The van der Waals surface area contributed by atoms with Gasteiger partial charge in [0.15, 0.2) is 0 Å². The van der Waals surface area contributed by atoms with Crippen molar-refractivity contribution < 1.29 is 0 Å². The third-order valence-corrected chi connectivity index (χ3v) is 6.67. The Morgan fingerprint density at radius 2 is 2.09 bits per heavy atom. The molecule has 0 bridgehead atoms. The first-order valence-electron chi connectivity index (χ1n) is 8.92. The summed E-state index contributed by atoms with van der Waals surface area (Å²) in [5.74, 6) is 1.57. The van der Waals surface area contributed by atoms with Gasteiger partial charge in [0.05, 0.1) is 11.4 Å². The molecule has 2 aromatic heterocycles. The molecular weight excluding hydrogens is 306 g/mol. The number of likely N-dealkylation sites (tertiary alicyclic amines) is 1. The van der Waals surface area contributed by atoms with Gasteiger partial charge in [-0.15, -0.1) is 11.3 Å². The number of aromatic nitrogens is 2. The monoisotopic (exact) mass is 331 g/mol. The van der Waals surface area contributed by atoms with E-state index in [9.17, 15) is 4.79 Å². The van der Waals surface area contributed by atoms with Crippen LogP contribution in [0.5, 0.6) is 0 Å². The van der Waals surface area contributed by atoms with Crippen LogP contribution in [-0.4, -0.2) is 28.0 Å². The van der Waals surface area contributed by atoms with Crippen molar-refractivity contribution in [1.29, 1.82) is 0 Å². The summed E-state index contributed by atoms with van der Waals surface area (Å²) in [5.41, 5.74) is 1.34. The molecule has 1 fully saturated rings. The number of H-pyrrole nitrogens is 1. The van der Waals surface area contributed by atoms with Crippen molar-refractivity contribution in [2.75, 3.05) is 13.1 Å². The Hall–Kier alpha value is -1.20. The zero-order valence-corrected chi connectivity index (χ0v) is 14.8. The second-order valence-corrected chi connectivity index (χ2v) is 8.34. The second kappa shape index (κ2) is 6.02. The van der Waals surface area contributed by atoms with Gasteiger partial charge in [0, 0.05) is 4.88 Å². The van der Waals surface area contributed by atoms with Crippen LogP contribution >= 0.6 is 11.3 Å². The average Bonchev–Trinajstić information content (AvgIpc) is 2.92. The number of rotatable bonds is 2. The zero-order valence-electron chi connectivity index (χ0n) is 14.0. The summed E-state index contributed by atoms with van der Waals surface area (Å²) in [6.45, 7) is 6.70. The molecule has 23 heavy (non-hydrogen) atoms. The molecule has 0 saturated carbocycles. The van der Waals surface area contributed by atoms with Crippen LogP contribution in [0.2, 0.25) is 0 Å². The van der Waals surface area contributed by atoms with E-state index in [0.29, 0.717) is 0 Å². The predicted octanol–water partition coefficient (Wildman–Crippen LogP) is 3.66. The fourth-order valence-electron chi connectivity index (χ4n) is 4.04. The molecule has 5 heteroatoms. The highest BCUT2D eigenvalue weighted by Gasteiger charge is 2.25. The topological polar surface area (TPSA) is 49.0 Å². The SMILES string of the molecule is C[C@H]1CCc2c(sc3nc([C@H](C)N4CCCCC4)[nH]c(=O)c23)C1. The lowest BCUT2D eigenvalue weighted by Gasteiger charge is -2.31. The summed E-state index contributed by atoms with van der Waals surface area (Å²) in [5, 5.41) is 0.867. The summed E-state index contributed by atoms with van der Waals surface area (Å²) in [6, 6.07) is 0.199. The molecule has 1 aliphatic carbocycles. The van der Waals surface area contributed by atoms with E-state index in [1.54, 1.807) is 11.3 Å². The zero-order chi connectivity index (χ0) is 16.0. The minimum Gasteiger partial charge on any atom is -0.309 e. The summed E-state index contributed by atoms with van der Waals surface area (Å²) >= 11 is 1.75. The van der Waals surface area contributed by atoms with E-state index >= 15 is 0 Å². The Balaban J connectivity index is 1.74. The van der Waals surface area contributed by atoms with Gasteiger partial charge >= 0.3 is 0 Å². The van der Waals surface area contributed by atoms with Crippen LogP contribution in [0.1, 0.15) is 61.8 Å². The Kier molecular flexibility index (Phi) is 4.01. The van der Waals surface area contributed by atoms with Crippen LogP contribution < -0.4 is 5.56 Å². The number of hydrogen-bond donors (Lipinski definition) is 1. The molecule has 0 unspecified atom stereocenters. The number of piperidine rings is 1. The van der Waals surface area contributed by atoms with Crippen molar-refractivity contribution in [2.45, 2.75) is 58.4 Å². The minimum atomic E-state index is 0.0703. The Bertz CT molecular complexity index is 772. The number of aromatic amines is 1. The van der Waals surface area contributed by atoms with Gasteiger partial charge in [-0.3, -0.25) is 9.69 Å². The van der Waals surface area contributed by atoms with E-state index in [2.05, 4.69) is 23.7 Å².